The van der Waals surface area contributed by atoms with E-state index in [1.54, 1.807) is 30.1 Å². The molecule has 4 heterocycles. The molecule has 2 N–H and O–H groups in total. The molecule has 2 saturated heterocycles. The van der Waals surface area contributed by atoms with Gasteiger partial charge in [0.15, 0.2) is 5.69 Å². The van der Waals surface area contributed by atoms with Gasteiger partial charge in [-0.15, -0.1) is 5.10 Å². The van der Waals surface area contributed by atoms with E-state index in [1.807, 2.05) is 0 Å². The van der Waals surface area contributed by atoms with Gasteiger partial charge in [0.2, 0.25) is 17.7 Å². The Labute approximate surface area is 199 Å². The zero-order chi connectivity index (χ0) is 24.5. The van der Waals surface area contributed by atoms with Crippen molar-refractivity contribution in [2.24, 2.45) is 5.41 Å². The van der Waals surface area contributed by atoms with Crippen molar-refractivity contribution in [2.75, 3.05) is 13.6 Å². The van der Waals surface area contributed by atoms with Crippen LogP contribution < -0.4 is 10.6 Å². The van der Waals surface area contributed by atoms with Crippen molar-refractivity contribution >= 4 is 29.5 Å². The second kappa shape index (κ2) is 7.45. The molecule has 12 heteroatoms. The second-order valence-electron chi connectivity index (χ2n) is 9.66. The molecule has 1 spiro atoms. The Balaban J connectivity index is 1.18. The summed E-state index contributed by atoms with van der Waals surface area (Å²) < 4.78 is 1.41. The number of nitrogens with zero attached hydrogens (tertiary/aromatic N) is 5. The fraction of sp³-hybridized carbons (Fsp3) is 0.435. The summed E-state index contributed by atoms with van der Waals surface area (Å²) in [5, 5.41) is 13.2. The van der Waals surface area contributed by atoms with E-state index >= 15 is 0 Å². The lowest BCUT2D eigenvalue weighted by molar-refractivity contribution is -0.137. The smallest absolute Gasteiger partial charge is 0.273 e. The van der Waals surface area contributed by atoms with E-state index in [9.17, 15) is 24.0 Å². The summed E-state index contributed by atoms with van der Waals surface area (Å²) in [6.07, 6.45) is 3.51. The van der Waals surface area contributed by atoms with Crippen molar-refractivity contribution in [3.05, 3.63) is 41.2 Å². The Hall–Kier alpha value is -4.09. The Morgan fingerprint density at radius 2 is 2.00 bits per heavy atom. The average molecular weight is 477 g/mol. The van der Waals surface area contributed by atoms with Gasteiger partial charge in [-0.3, -0.25) is 29.3 Å². The van der Waals surface area contributed by atoms with Gasteiger partial charge < -0.3 is 15.1 Å². The highest BCUT2D eigenvalue weighted by molar-refractivity contribution is 6.05. The molecule has 180 valence electrons. The minimum absolute atomic E-state index is 0.0700. The topological polar surface area (TPSA) is 147 Å². The van der Waals surface area contributed by atoms with Crippen LogP contribution in [0.15, 0.2) is 24.4 Å². The number of likely N-dealkylation sites (N-methyl/N-ethyl adjacent to an activating group) is 1. The quantitative estimate of drug-likeness (QED) is 0.558. The van der Waals surface area contributed by atoms with E-state index < -0.39 is 23.3 Å². The maximum absolute atomic E-state index is 13.1. The third-order valence-electron chi connectivity index (χ3n) is 7.49. The number of nitrogens with one attached hydrogen (secondary N) is 2. The first kappa shape index (κ1) is 21.4. The molecule has 1 aromatic heterocycles. The maximum Gasteiger partial charge on any atom is 0.273 e. The summed E-state index contributed by atoms with van der Waals surface area (Å²) in [4.78, 5) is 65.0. The molecule has 0 radical (unpaired) electrons. The highest BCUT2D eigenvalue weighted by atomic mass is 16.2. The standard InChI is InChI=1S/C23H23N7O5/c1-28-11-17(23(6-7-23)22(28)35)24-19(32)15-10-30(27-26-15)13-3-2-12-9-29(21(34)14(12)8-13)16-4-5-18(31)25-20(16)33/h2-3,8,10,16-17H,4-7,9,11H2,1H3,(H,24,32)(H,25,31,33). The third kappa shape index (κ3) is 3.31. The van der Waals surface area contributed by atoms with Gasteiger partial charge in [-0.05, 0) is 37.0 Å². The first-order chi connectivity index (χ1) is 16.8. The van der Waals surface area contributed by atoms with Gasteiger partial charge in [-0.1, -0.05) is 11.3 Å². The lowest BCUT2D eigenvalue weighted by Crippen LogP contribution is -2.52. The van der Waals surface area contributed by atoms with Gasteiger partial charge in [-0.25, -0.2) is 4.68 Å². The highest BCUT2D eigenvalue weighted by Crippen LogP contribution is 2.53. The summed E-state index contributed by atoms with van der Waals surface area (Å²) >= 11 is 0. The Morgan fingerprint density at radius 3 is 2.74 bits per heavy atom. The number of fused-ring (bicyclic) bond motifs is 1. The summed E-state index contributed by atoms with van der Waals surface area (Å²) in [6.45, 7) is 0.747. The molecule has 12 nitrogen and oxygen atoms in total. The summed E-state index contributed by atoms with van der Waals surface area (Å²) in [7, 11) is 1.74. The molecule has 1 aromatic carbocycles. The third-order valence-corrected chi connectivity index (χ3v) is 7.49. The van der Waals surface area contributed by atoms with E-state index in [0.29, 0.717) is 24.2 Å². The Kier molecular flexibility index (Phi) is 4.57. The van der Waals surface area contributed by atoms with Crippen molar-refractivity contribution in [3.8, 4) is 5.69 Å². The molecule has 2 atom stereocenters. The molecule has 1 aliphatic carbocycles. The first-order valence-corrected chi connectivity index (χ1v) is 11.5. The number of piperidine rings is 1. The minimum atomic E-state index is -0.686. The molecule has 6 rings (SSSR count). The molecule has 2 aromatic rings. The van der Waals surface area contributed by atoms with Gasteiger partial charge in [0, 0.05) is 32.1 Å². The molecular formula is C23H23N7O5. The van der Waals surface area contributed by atoms with Crippen molar-refractivity contribution in [1.82, 2.24) is 35.4 Å². The number of carbonyl (C=O) groups excluding carboxylic acids is 5. The van der Waals surface area contributed by atoms with Crippen LogP contribution in [0.2, 0.25) is 0 Å². The van der Waals surface area contributed by atoms with Crippen LogP contribution in [0.3, 0.4) is 0 Å². The maximum atomic E-state index is 13.1. The Morgan fingerprint density at radius 1 is 1.20 bits per heavy atom. The van der Waals surface area contributed by atoms with Gasteiger partial charge in [0.25, 0.3) is 11.8 Å². The number of rotatable bonds is 4. The molecular weight excluding hydrogens is 454 g/mol. The molecule has 3 fully saturated rings. The number of amides is 5. The van der Waals surface area contributed by atoms with Crippen LogP contribution in [0.5, 0.6) is 0 Å². The van der Waals surface area contributed by atoms with Crippen molar-refractivity contribution in [1.29, 1.82) is 0 Å². The van der Waals surface area contributed by atoms with E-state index in [1.165, 1.54) is 15.8 Å². The lowest BCUT2D eigenvalue weighted by Gasteiger charge is -2.29. The number of aromatic nitrogens is 3. The SMILES string of the molecule is CN1CC(NC(=O)c2cn(-c3ccc4c(c3)C(=O)N(C3CCC(=O)NC3=O)C4)nn2)C2(CC2)C1=O. The van der Waals surface area contributed by atoms with Gasteiger partial charge in [0.05, 0.1) is 23.3 Å². The molecule has 0 bridgehead atoms. The highest BCUT2D eigenvalue weighted by Gasteiger charge is 2.61. The van der Waals surface area contributed by atoms with Crippen LogP contribution in [0.1, 0.15) is 52.1 Å². The van der Waals surface area contributed by atoms with Crippen LogP contribution in [-0.2, 0) is 20.9 Å². The number of imide groups is 1. The van der Waals surface area contributed by atoms with Crippen molar-refractivity contribution < 1.29 is 24.0 Å². The van der Waals surface area contributed by atoms with Gasteiger partial charge in [-0.2, -0.15) is 0 Å². The minimum Gasteiger partial charge on any atom is -0.345 e. The van der Waals surface area contributed by atoms with Gasteiger partial charge in [0.1, 0.15) is 6.04 Å². The predicted molar refractivity (Wildman–Crippen MR) is 118 cm³/mol. The van der Waals surface area contributed by atoms with Crippen molar-refractivity contribution in [2.45, 2.75) is 44.3 Å². The number of likely N-dealkylation sites (tertiary alicyclic amines) is 1. The predicted octanol–water partition coefficient (Wildman–Crippen LogP) is -0.621. The summed E-state index contributed by atoms with van der Waals surface area (Å²) in [5.74, 6) is -1.42. The van der Waals surface area contributed by atoms with Crippen molar-refractivity contribution in [3.63, 3.8) is 0 Å². The van der Waals surface area contributed by atoms with E-state index in [2.05, 4.69) is 20.9 Å². The largest absolute Gasteiger partial charge is 0.345 e. The summed E-state index contributed by atoms with van der Waals surface area (Å²) in [6, 6.07) is 4.26. The zero-order valence-corrected chi connectivity index (χ0v) is 19.0. The van der Waals surface area contributed by atoms with Crippen LogP contribution in [0.4, 0.5) is 0 Å². The van der Waals surface area contributed by atoms with E-state index in [-0.39, 0.29) is 42.4 Å². The van der Waals surface area contributed by atoms with Crippen LogP contribution >= 0.6 is 0 Å². The van der Waals surface area contributed by atoms with E-state index in [0.717, 1.165) is 18.4 Å². The van der Waals surface area contributed by atoms with Gasteiger partial charge >= 0.3 is 0 Å². The fourth-order valence-corrected chi connectivity index (χ4v) is 5.35. The molecule has 5 amide bonds. The Bertz CT molecular complexity index is 1310. The zero-order valence-electron chi connectivity index (χ0n) is 19.0. The number of benzene rings is 1. The average Bonchev–Trinajstić information content (AvgIpc) is 3.28. The van der Waals surface area contributed by atoms with Crippen LogP contribution in [0.25, 0.3) is 5.69 Å². The summed E-state index contributed by atoms with van der Waals surface area (Å²) in [5.41, 5.74) is 1.39. The fourth-order valence-electron chi connectivity index (χ4n) is 5.35. The normalized spacial score (nSPS) is 24.7. The van der Waals surface area contributed by atoms with Crippen LogP contribution in [0, 0.1) is 5.41 Å². The second-order valence-corrected chi connectivity index (χ2v) is 9.66. The molecule has 2 unspecified atom stereocenters. The first-order valence-electron chi connectivity index (χ1n) is 11.5. The molecule has 1 saturated carbocycles. The lowest BCUT2D eigenvalue weighted by atomic mass is 10.00. The van der Waals surface area contributed by atoms with Crippen LogP contribution in [-0.4, -0.2) is 80.0 Å². The molecule has 4 aliphatic rings. The van der Waals surface area contributed by atoms with E-state index in [4.69, 9.17) is 0 Å². The molecule has 35 heavy (non-hydrogen) atoms. The monoisotopic (exact) mass is 477 g/mol. The number of hydrogen-bond acceptors (Lipinski definition) is 7. The number of carbonyl (C=O) groups is 5. The number of hydrogen-bond donors (Lipinski definition) is 2. The molecule has 3 aliphatic heterocycles.